The minimum Gasteiger partial charge on any atom is -0.469 e. The van der Waals surface area contributed by atoms with E-state index in [-0.39, 0.29) is 12.4 Å². The van der Waals surface area contributed by atoms with Crippen molar-refractivity contribution < 1.29 is 13.9 Å². The SMILES string of the molecule is COC(=O)CCc1nc(-c2cncc(F)c2)n(C)n1. The summed E-state index contributed by atoms with van der Waals surface area (Å²) in [5.74, 6) is 0.261. The fourth-order valence-corrected chi connectivity index (χ4v) is 1.64. The molecule has 0 aliphatic heterocycles. The zero-order valence-corrected chi connectivity index (χ0v) is 10.6. The second-order valence-electron chi connectivity index (χ2n) is 3.94. The fourth-order valence-electron chi connectivity index (χ4n) is 1.64. The van der Waals surface area contributed by atoms with E-state index in [0.29, 0.717) is 23.6 Å². The second kappa shape index (κ2) is 5.55. The number of pyridine rings is 1. The van der Waals surface area contributed by atoms with Gasteiger partial charge in [-0.05, 0) is 6.07 Å². The molecule has 2 aromatic heterocycles. The Kier molecular flexibility index (Phi) is 3.84. The van der Waals surface area contributed by atoms with E-state index in [4.69, 9.17) is 0 Å². The summed E-state index contributed by atoms with van der Waals surface area (Å²) in [6.45, 7) is 0. The molecule has 0 amide bonds. The van der Waals surface area contributed by atoms with Crippen LogP contribution in [0.1, 0.15) is 12.2 Å². The lowest BCUT2D eigenvalue weighted by Crippen LogP contribution is -2.03. The van der Waals surface area contributed by atoms with Crippen molar-refractivity contribution in [2.45, 2.75) is 12.8 Å². The summed E-state index contributed by atoms with van der Waals surface area (Å²) in [6.07, 6.45) is 3.22. The van der Waals surface area contributed by atoms with Crippen LogP contribution >= 0.6 is 0 Å². The number of ether oxygens (including phenoxy) is 1. The van der Waals surface area contributed by atoms with Gasteiger partial charge in [0.15, 0.2) is 11.6 Å². The highest BCUT2D eigenvalue weighted by Gasteiger charge is 2.12. The molecule has 7 heteroatoms. The van der Waals surface area contributed by atoms with Crippen LogP contribution in [-0.2, 0) is 23.0 Å². The van der Waals surface area contributed by atoms with Crippen LogP contribution < -0.4 is 0 Å². The predicted octanol–water partition coefficient (Wildman–Crippen LogP) is 1.12. The maximum atomic E-state index is 13.1. The molecule has 0 fully saturated rings. The van der Waals surface area contributed by atoms with Gasteiger partial charge in [-0.25, -0.2) is 14.1 Å². The predicted molar refractivity (Wildman–Crippen MR) is 64.5 cm³/mol. The number of hydrogen-bond acceptors (Lipinski definition) is 5. The minimum atomic E-state index is -0.434. The van der Waals surface area contributed by atoms with Gasteiger partial charge in [0.05, 0.1) is 19.7 Å². The number of rotatable bonds is 4. The van der Waals surface area contributed by atoms with Crippen LogP contribution in [-0.4, -0.2) is 32.8 Å². The van der Waals surface area contributed by atoms with E-state index in [1.807, 2.05) is 0 Å². The van der Waals surface area contributed by atoms with Crippen LogP contribution in [0.25, 0.3) is 11.4 Å². The van der Waals surface area contributed by atoms with Gasteiger partial charge >= 0.3 is 5.97 Å². The van der Waals surface area contributed by atoms with Gasteiger partial charge < -0.3 is 4.74 Å². The first-order chi connectivity index (χ1) is 9.10. The molecule has 0 spiro atoms. The normalized spacial score (nSPS) is 10.5. The number of carbonyl (C=O) groups excluding carboxylic acids is 1. The molecule has 0 bridgehead atoms. The van der Waals surface area contributed by atoms with E-state index in [1.54, 1.807) is 7.05 Å². The average molecular weight is 264 g/mol. The van der Waals surface area contributed by atoms with Gasteiger partial charge in [0, 0.05) is 25.2 Å². The third-order valence-electron chi connectivity index (χ3n) is 2.55. The molecule has 0 saturated carbocycles. The standard InChI is InChI=1S/C12H13FN4O2/c1-17-12(8-5-9(13)7-14-6-8)15-10(16-17)3-4-11(18)19-2/h5-7H,3-4H2,1-2H3. The summed E-state index contributed by atoms with van der Waals surface area (Å²) in [5.41, 5.74) is 0.541. The van der Waals surface area contributed by atoms with Crippen molar-refractivity contribution in [3.05, 3.63) is 30.1 Å². The van der Waals surface area contributed by atoms with E-state index in [1.165, 1.54) is 24.1 Å². The van der Waals surface area contributed by atoms with E-state index in [2.05, 4.69) is 19.8 Å². The van der Waals surface area contributed by atoms with Crippen LogP contribution in [0.4, 0.5) is 4.39 Å². The Morgan fingerprint density at radius 2 is 2.26 bits per heavy atom. The Bertz CT molecular complexity index is 597. The molecule has 0 unspecified atom stereocenters. The van der Waals surface area contributed by atoms with Gasteiger partial charge in [-0.3, -0.25) is 9.78 Å². The lowest BCUT2D eigenvalue weighted by molar-refractivity contribution is -0.140. The molecule has 0 radical (unpaired) electrons. The topological polar surface area (TPSA) is 69.9 Å². The summed E-state index contributed by atoms with van der Waals surface area (Å²) in [4.78, 5) is 19.1. The number of nitrogens with zero attached hydrogens (tertiary/aromatic N) is 4. The molecule has 6 nitrogen and oxygen atoms in total. The third-order valence-corrected chi connectivity index (χ3v) is 2.55. The van der Waals surface area contributed by atoms with Crippen molar-refractivity contribution in [3.8, 4) is 11.4 Å². The molecule has 2 aromatic rings. The number of carbonyl (C=O) groups is 1. The maximum absolute atomic E-state index is 13.1. The zero-order chi connectivity index (χ0) is 13.8. The van der Waals surface area contributed by atoms with Gasteiger partial charge in [0.1, 0.15) is 5.82 Å². The summed E-state index contributed by atoms with van der Waals surface area (Å²) in [5, 5.41) is 4.17. The molecule has 0 aromatic carbocycles. The van der Waals surface area contributed by atoms with Crippen molar-refractivity contribution in [1.82, 2.24) is 19.7 Å². The van der Waals surface area contributed by atoms with Crippen molar-refractivity contribution >= 4 is 5.97 Å². The molecule has 100 valence electrons. The van der Waals surface area contributed by atoms with Crippen molar-refractivity contribution in [1.29, 1.82) is 0 Å². The molecule has 0 aliphatic carbocycles. The number of halogens is 1. The molecule has 0 aliphatic rings. The Morgan fingerprint density at radius 3 is 2.95 bits per heavy atom. The van der Waals surface area contributed by atoms with Gasteiger partial charge in [0.2, 0.25) is 0 Å². The third kappa shape index (κ3) is 3.12. The van der Waals surface area contributed by atoms with Gasteiger partial charge in [-0.1, -0.05) is 0 Å². The summed E-state index contributed by atoms with van der Waals surface area (Å²) in [6, 6.07) is 1.33. The molecule has 2 heterocycles. The Hall–Kier alpha value is -2.31. The second-order valence-corrected chi connectivity index (χ2v) is 3.94. The lowest BCUT2D eigenvalue weighted by Gasteiger charge is -1.98. The first-order valence-corrected chi connectivity index (χ1v) is 5.68. The van der Waals surface area contributed by atoms with Crippen LogP contribution in [0.15, 0.2) is 18.5 Å². The first kappa shape index (κ1) is 13.1. The van der Waals surface area contributed by atoms with Crippen LogP contribution in [0.2, 0.25) is 0 Å². The molecule has 0 saturated heterocycles. The fraction of sp³-hybridized carbons (Fsp3) is 0.333. The number of aryl methyl sites for hydroxylation is 2. The van der Waals surface area contributed by atoms with Crippen molar-refractivity contribution in [2.75, 3.05) is 7.11 Å². The molecule has 0 atom stereocenters. The van der Waals surface area contributed by atoms with Crippen molar-refractivity contribution in [3.63, 3.8) is 0 Å². The summed E-state index contributed by atoms with van der Waals surface area (Å²) >= 11 is 0. The maximum Gasteiger partial charge on any atom is 0.305 e. The summed E-state index contributed by atoms with van der Waals surface area (Å²) in [7, 11) is 3.03. The number of aromatic nitrogens is 4. The van der Waals surface area contributed by atoms with Crippen molar-refractivity contribution in [2.24, 2.45) is 7.05 Å². The molecular formula is C12H13FN4O2. The molecule has 2 rings (SSSR count). The van der Waals surface area contributed by atoms with Crippen LogP contribution in [0.5, 0.6) is 0 Å². The van der Waals surface area contributed by atoms with Gasteiger partial charge in [-0.2, -0.15) is 5.10 Å². The summed E-state index contributed by atoms with van der Waals surface area (Å²) < 4.78 is 19.2. The highest BCUT2D eigenvalue weighted by atomic mass is 19.1. The Labute approximate surface area is 109 Å². The highest BCUT2D eigenvalue weighted by molar-refractivity contribution is 5.69. The molecule has 0 N–H and O–H groups in total. The average Bonchev–Trinajstić information content (AvgIpc) is 2.77. The van der Waals surface area contributed by atoms with E-state index in [0.717, 1.165) is 6.20 Å². The van der Waals surface area contributed by atoms with Gasteiger partial charge in [0.25, 0.3) is 0 Å². The largest absolute Gasteiger partial charge is 0.469 e. The number of esters is 1. The molecule has 19 heavy (non-hydrogen) atoms. The smallest absolute Gasteiger partial charge is 0.305 e. The van der Waals surface area contributed by atoms with Crippen LogP contribution in [0, 0.1) is 5.82 Å². The van der Waals surface area contributed by atoms with Crippen LogP contribution in [0.3, 0.4) is 0 Å². The first-order valence-electron chi connectivity index (χ1n) is 5.68. The Morgan fingerprint density at radius 1 is 1.47 bits per heavy atom. The van der Waals surface area contributed by atoms with E-state index in [9.17, 15) is 9.18 Å². The highest BCUT2D eigenvalue weighted by Crippen LogP contribution is 2.16. The lowest BCUT2D eigenvalue weighted by atomic mass is 10.2. The Balaban J connectivity index is 2.19. The number of methoxy groups -OCH3 is 1. The quantitative estimate of drug-likeness (QED) is 0.774. The van der Waals surface area contributed by atoms with Gasteiger partial charge in [-0.15, -0.1) is 0 Å². The molecular weight excluding hydrogens is 251 g/mol. The number of hydrogen-bond donors (Lipinski definition) is 0. The minimum absolute atomic E-state index is 0.210. The van der Waals surface area contributed by atoms with E-state index >= 15 is 0 Å². The monoisotopic (exact) mass is 264 g/mol. The van der Waals surface area contributed by atoms with E-state index < -0.39 is 5.82 Å². The zero-order valence-electron chi connectivity index (χ0n) is 10.6.